The fourth-order valence-corrected chi connectivity index (χ4v) is 5.17. The Morgan fingerprint density at radius 3 is 1.81 bits per heavy atom. The van der Waals surface area contributed by atoms with Crippen LogP contribution in [0.25, 0.3) is 0 Å². The molecule has 5 amide bonds. The first-order valence-electron chi connectivity index (χ1n) is 15.8. The molecule has 0 bridgehead atoms. The second-order valence-electron chi connectivity index (χ2n) is 12.2. The number of rotatable bonds is 8. The molecule has 15 nitrogen and oxygen atoms in total. The van der Waals surface area contributed by atoms with E-state index >= 15 is 0 Å². The zero-order valence-corrected chi connectivity index (χ0v) is 27.6. The number of amides is 5. The van der Waals surface area contributed by atoms with Crippen molar-refractivity contribution < 1.29 is 24.3 Å². The molecule has 5 rings (SSSR count). The molecule has 4 heterocycles. The van der Waals surface area contributed by atoms with Gasteiger partial charge < -0.3 is 21.5 Å². The van der Waals surface area contributed by atoms with Crippen LogP contribution in [0.2, 0.25) is 0 Å². The number of hydrazine groups is 2. The zero-order valence-electron chi connectivity index (χ0n) is 27.6. The molecule has 0 radical (unpaired) electrons. The summed E-state index contributed by atoms with van der Waals surface area (Å²) in [5, 5.41) is 21.5. The predicted molar refractivity (Wildman–Crippen MR) is 181 cm³/mol. The summed E-state index contributed by atoms with van der Waals surface area (Å²) in [6, 6.07) is 17.9. The highest BCUT2D eigenvalue weighted by Crippen LogP contribution is 2.21. The van der Waals surface area contributed by atoms with Crippen LogP contribution in [0.1, 0.15) is 39.2 Å². The molecule has 1 aromatic carbocycles. The third kappa shape index (κ3) is 9.70. The Labute approximate surface area is 280 Å². The molecule has 0 unspecified atom stereocenters. The summed E-state index contributed by atoms with van der Waals surface area (Å²) >= 11 is 0. The summed E-state index contributed by atoms with van der Waals surface area (Å²) in [4.78, 5) is 58.0. The number of aromatic nitrogens is 2. The second-order valence-corrected chi connectivity index (χ2v) is 12.2. The molecule has 3 aromatic rings. The van der Waals surface area contributed by atoms with Gasteiger partial charge in [0.2, 0.25) is 0 Å². The molecule has 48 heavy (non-hydrogen) atoms. The van der Waals surface area contributed by atoms with E-state index in [1.54, 1.807) is 55.3 Å². The van der Waals surface area contributed by atoms with Crippen molar-refractivity contribution in [2.75, 3.05) is 55.0 Å². The number of carbonyl (C=O) groups is 4. The normalized spacial score (nSPS) is 14.2. The van der Waals surface area contributed by atoms with Crippen molar-refractivity contribution in [3.8, 4) is 0 Å². The van der Waals surface area contributed by atoms with Crippen LogP contribution in [0, 0.1) is 0 Å². The number of nitrogens with zero attached hydrogens (tertiary/aromatic N) is 7. The first-order valence-corrected chi connectivity index (χ1v) is 15.8. The highest BCUT2D eigenvalue weighted by Gasteiger charge is 2.34. The first-order chi connectivity index (χ1) is 22.9. The number of nitrogen functional groups attached to an aromatic ring is 1. The molecule has 2 fully saturated rings. The lowest BCUT2D eigenvalue weighted by atomic mass is 10.1. The SMILES string of the molecule is CC(C)(C)N(CC(=O)N1CCCN1c1ccccn1)C(=O)O.Nc1ccc(CNC(=O)NCC(=O)N2CCCN2c2ccccn2)cc1. The van der Waals surface area contributed by atoms with Crippen molar-refractivity contribution in [3.63, 3.8) is 0 Å². The zero-order chi connectivity index (χ0) is 34.7. The topological polar surface area (TPSA) is 181 Å². The molecule has 2 aromatic heterocycles. The van der Waals surface area contributed by atoms with Crippen molar-refractivity contribution >= 4 is 41.3 Å². The van der Waals surface area contributed by atoms with Gasteiger partial charge in [-0.1, -0.05) is 24.3 Å². The maximum absolute atomic E-state index is 12.5. The van der Waals surface area contributed by atoms with Gasteiger partial charge in [0.05, 0.1) is 0 Å². The maximum Gasteiger partial charge on any atom is 0.408 e. The van der Waals surface area contributed by atoms with E-state index in [-0.39, 0.29) is 24.9 Å². The average molecular weight is 661 g/mol. The van der Waals surface area contributed by atoms with Gasteiger partial charge in [-0.25, -0.2) is 19.6 Å². The quantitative estimate of drug-likeness (QED) is 0.262. The van der Waals surface area contributed by atoms with E-state index in [1.807, 2.05) is 58.5 Å². The summed E-state index contributed by atoms with van der Waals surface area (Å²) in [5.74, 6) is 1.02. The number of anilines is 3. The fourth-order valence-electron chi connectivity index (χ4n) is 5.17. The largest absolute Gasteiger partial charge is 0.465 e. The molecular formula is C33H44N10O5. The molecule has 2 aliphatic rings. The predicted octanol–water partition coefficient (Wildman–Crippen LogP) is 2.93. The molecule has 256 valence electrons. The molecule has 0 atom stereocenters. The van der Waals surface area contributed by atoms with E-state index in [4.69, 9.17) is 5.73 Å². The van der Waals surface area contributed by atoms with Crippen LogP contribution >= 0.6 is 0 Å². The Morgan fingerprint density at radius 1 is 0.792 bits per heavy atom. The molecule has 0 saturated carbocycles. The van der Waals surface area contributed by atoms with Gasteiger partial charge >= 0.3 is 12.1 Å². The highest BCUT2D eigenvalue weighted by molar-refractivity contribution is 5.85. The Hall–Kier alpha value is -5.60. The average Bonchev–Trinajstić information content (AvgIpc) is 3.77. The summed E-state index contributed by atoms with van der Waals surface area (Å²) in [7, 11) is 0. The Bertz CT molecular complexity index is 1520. The molecule has 2 saturated heterocycles. The standard InChI is InChI=1S/C18H22N6O2.C15H22N4O3/c19-15-7-5-14(6-8-15)12-21-18(26)22-13-17(25)24-11-3-10-23(24)16-4-1-2-9-20-16;1-15(2,3)17(14(21)22)11-13(20)19-10-6-9-18(19)12-7-4-5-8-16-12/h1-2,4-9H,3,10-13,19H2,(H2,21,22,26);4-5,7-8H,6,9-11H2,1-3H3,(H,21,22). The Morgan fingerprint density at radius 2 is 1.33 bits per heavy atom. The summed E-state index contributed by atoms with van der Waals surface area (Å²) < 4.78 is 0. The van der Waals surface area contributed by atoms with Crippen LogP contribution in [0.4, 0.5) is 26.9 Å². The molecule has 0 aliphatic carbocycles. The van der Waals surface area contributed by atoms with Gasteiger partial charge in [-0.15, -0.1) is 0 Å². The lowest BCUT2D eigenvalue weighted by Gasteiger charge is -2.35. The summed E-state index contributed by atoms with van der Waals surface area (Å²) in [6.07, 6.45) is 3.98. The van der Waals surface area contributed by atoms with E-state index < -0.39 is 17.7 Å². The van der Waals surface area contributed by atoms with E-state index in [2.05, 4.69) is 20.6 Å². The Balaban J connectivity index is 0.000000220. The van der Waals surface area contributed by atoms with Crippen LogP contribution in [0.3, 0.4) is 0 Å². The van der Waals surface area contributed by atoms with E-state index in [9.17, 15) is 24.3 Å². The lowest BCUT2D eigenvalue weighted by Crippen LogP contribution is -2.52. The third-order valence-corrected chi connectivity index (χ3v) is 7.63. The molecule has 2 aliphatic heterocycles. The molecular weight excluding hydrogens is 616 g/mol. The van der Waals surface area contributed by atoms with E-state index in [0.717, 1.165) is 35.7 Å². The number of urea groups is 1. The summed E-state index contributed by atoms with van der Waals surface area (Å²) in [5.41, 5.74) is 6.60. The van der Waals surface area contributed by atoms with Gasteiger partial charge in [0.25, 0.3) is 11.8 Å². The van der Waals surface area contributed by atoms with Crippen molar-refractivity contribution in [2.45, 2.75) is 45.7 Å². The monoisotopic (exact) mass is 660 g/mol. The van der Waals surface area contributed by atoms with E-state index in [1.165, 1.54) is 0 Å². The number of benzene rings is 1. The van der Waals surface area contributed by atoms with Crippen molar-refractivity contribution in [3.05, 3.63) is 78.6 Å². The lowest BCUT2D eigenvalue weighted by molar-refractivity contribution is -0.132. The minimum absolute atomic E-state index is 0.0725. The van der Waals surface area contributed by atoms with Crippen LogP contribution in [-0.4, -0.2) is 98.7 Å². The second kappa shape index (κ2) is 16.3. The first kappa shape index (κ1) is 35.3. The number of nitrogens with two attached hydrogens (primary N) is 1. The fraction of sp³-hybridized carbons (Fsp3) is 0.394. The van der Waals surface area contributed by atoms with Crippen LogP contribution in [0.5, 0.6) is 0 Å². The van der Waals surface area contributed by atoms with Gasteiger partial charge in [0.1, 0.15) is 24.7 Å². The van der Waals surface area contributed by atoms with Crippen molar-refractivity contribution in [1.29, 1.82) is 0 Å². The number of hydrogen-bond donors (Lipinski definition) is 4. The van der Waals surface area contributed by atoms with Crippen LogP contribution in [0.15, 0.2) is 73.1 Å². The smallest absolute Gasteiger partial charge is 0.408 e. The number of carboxylic acid groups (broad SMARTS) is 1. The minimum atomic E-state index is -1.09. The number of hydrogen-bond acceptors (Lipinski definition) is 9. The number of pyridine rings is 2. The summed E-state index contributed by atoms with van der Waals surface area (Å²) in [6.45, 7) is 8.07. The number of nitrogens with one attached hydrogen (secondary N) is 2. The third-order valence-electron chi connectivity index (χ3n) is 7.63. The van der Waals surface area contributed by atoms with Crippen LogP contribution < -0.4 is 26.4 Å². The van der Waals surface area contributed by atoms with Crippen LogP contribution in [-0.2, 0) is 16.1 Å². The van der Waals surface area contributed by atoms with Gasteiger partial charge in [-0.3, -0.25) is 34.5 Å². The van der Waals surface area contributed by atoms with Gasteiger partial charge in [-0.2, -0.15) is 0 Å². The molecule has 5 N–H and O–H groups in total. The van der Waals surface area contributed by atoms with E-state index in [0.29, 0.717) is 37.7 Å². The minimum Gasteiger partial charge on any atom is -0.465 e. The van der Waals surface area contributed by atoms with Gasteiger partial charge in [0, 0.05) is 56.3 Å². The molecule has 15 heteroatoms. The van der Waals surface area contributed by atoms with Crippen molar-refractivity contribution in [1.82, 2.24) is 35.5 Å². The van der Waals surface area contributed by atoms with Gasteiger partial charge in [-0.05, 0) is 75.6 Å². The highest BCUT2D eigenvalue weighted by atomic mass is 16.4. The molecule has 0 spiro atoms. The van der Waals surface area contributed by atoms with Crippen molar-refractivity contribution in [2.24, 2.45) is 0 Å². The van der Waals surface area contributed by atoms with Gasteiger partial charge in [0.15, 0.2) is 0 Å². The number of carbonyl (C=O) groups excluding carboxylic acids is 3. The Kier molecular flexibility index (Phi) is 12.0. The maximum atomic E-state index is 12.5.